The standard InChI is InChI=1S/C16H20ClFN2O3/c1-3-23-16(22)20-9-7-11(8-10-20)19(2)15(21)14-12(17)5-4-6-13(14)18/h4-6,11H,3,7-10H2,1-2H3. The van der Waals surface area contributed by atoms with E-state index in [9.17, 15) is 14.0 Å². The number of hydrogen-bond acceptors (Lipinski definition) is 3. The van der Waals surface area contributed by atoms with Crippen LogP contribution in [0.4, 0.5) is 9.18 Å². The van der Waals surface area contributed by atoms with Gasteiger partial charge in [0.25, 0.3) is 5.91 Å². The van der Waals surface area contributed by atoms with Gasteiger partial charge in [-0.25, -0.2) is 9.18 Å². The van der Waals surface area contributed by atoms with Gasteiger partial charge in [-0.15, -0.1) is 0 Å². The van der Waals surface area contributed by atoms with Crippen LogP contribution in [0.1, 0.15) is 30.1 Å². The van der Waals surface area contributed by atoms with Crippen LogP contribution in [-0.2, 0) is 4.74 Å². The molecule has 1 saturated heterocycles. The van der Waals surface area contributed by atoms with Crippen molar-refractivity contribution in [3.05, 3.63) is 34.6 Å². The summed E-state index contributed by atoms with van der Waals surface area (Å²) in [5.41, 5.74) is -0.107. The maximum atomic E-state index is 13.9. The van der Waals surface area contributed by atoms with Gasteiger partial charge in [0.1, 0.15) is 5.82 Å². The van der Waals surface area contributed by atoms with Gasteiger partial charge >= 0.3 is 6.09 Å². The number of likely N-dealkylation sites (tertiary alicyclic amines) is 1. The number of benzene rings is 1. The summed E-state index contributed by atoms with van der Waals surface area (Å²) in [6.45, 7) is 3.11. The molecule has 0 unspecified atom stereocenters. The summed E-state index contributed by atoms with van der Waals surface area (Å²) in [5, 5.41) is 0.103. The smallest absolute Gasteiger partial charge is 0.409 e. The Bertz CT molecular complexity index is 568. The Kier molecular flexibility index (Phi) is 5.82. The molecule has 23 heavy (non-hydrogen) atoms. The molecule has 0 radical (unpaired) electrons. The van der Waals surface area contributed by atoms with E-state index in [1.54, 1.807) is 18.9 Å². The number of halogens is 2. The third-order valence-electron chi connectivity index (χ3n) is 4.04. The van der Waals surface area contributed by atoms with Gasteiger partial charge in [-0.05, 0) is 31.9 Å². The molecule has 2 rings (SSSR count). The summed E-state index contributed by atoms with van der Waals surface area (Å²) in [6.07, 6.45) is 0.900. The molecule has 0 aliphatic carbocycles. The first-order valence-corrected chi connectivity index (χ1v) is 7.96. The Morgan fingerprint density at radius 3 is 2.61 bits per heavy atom. The molecule has 1 fully saturated rings. The van der Waals surface area contributed by atoms with E-state index in [1.807, 2.05) is 0 Å². The summed E-state index contributed by atoms with van der Waals surface area (Å²) in [7, 11) is 1.63. The van der Waals surface area contributed by atoms with E-state index in [0.717, 1.165) is 0 Å². The number of carbonyl (C=O) groups excluding carboxylic acids is 2. The van der Waals surface area contributed by atoms with E-state index >= 15 is 0 Å². The molecule has 5 nitrogen and oxygen atoms in total. The second-order valence-electron chi connectivity index (χ2n) is 5.43. The van der Waals surface area contributed by atoms with Gasteiger partial charge in [0.2, 0.25) is 0 Å². The normalized spacial score (nSPS) is 15.4. The lowest BCUT2D eigenvalue weighted by molar-refractivity contribution is 0.0599. The molecule has 2 amide bonds. The van der Waals surface area contributed by atoms with Crippen LogP contribution in [0.5, 0.6) is 0 Å². The largest absolute Gasteiger partial charge is 0.450 e. The molecule has 0 N–H and O–H groups in total. The average Bonchev–Trinajstić information content (AvgIpc) is 2.54. The highest BCUT2D eigenvalue weighted by atomic mass is 35.5. The highest BCUT2D eigenvalue weighted by Crippen LogP contribution is 2.24. The first-order valence-electron chi connectivity index (χ1n) is 7.58. The predicted octanol–water partition coefficient (Wildman–Crippen LogP) is 3.17. The zero-order valence-corrected chi connectivity index (χ0v) is 14.0. The molecule has 0 bridgehead atoms. The summed E-state index contributed by atoms with van der Waals surface area (Å²) < 4.78 is 18.8. The molecule has 1 aromatic carbocycles. The fraction of sp³-hybridized carbons (Fsp3) is 0.500. The first kappa shape index (κ1) is 17.5. The van der Waals surface area contributed by atoms with Gasteiger partial charge in [0.15, 0.2) is 0 Å². The molecule has 1 aromatic rings. The van der Waals surface area contributed by atoms with Gasteiger partial charge in [0.05, 0.1) is 17.2 Å². The van der Waals surface area contributed by atoms with Crippen molar-refractivity contribution >= 4 is 23.6 Å². The van der Waals surface area contributed by atoms with Crippen molar-refractivity contribution in [3.8, 4) is 0 Å². The highest BCUT2D eigenvalue weighted by Gasteiger charge is 2.30. The highest BCUT2D eigenvalue weighted by molar-refractivity contribution is 6.33. The Morgan fingerprint density at radius 2 is 2.04 bits per heavy atom. The SMILES string of the molecule is CCOC(=O)N1CCC(N(C)C(=O)c2c(F)cccc2Cl)CC1. The van der Waals surface area contributed by atoms with Crippen LogP contribution < -0.4 is 0 Å². The van der Waals surface area contributed by atoms with Gasteiger partial charge in [-0.1, -0.05) is 17.7 Å². The zero-order chi connectivity index (χ0) is 17.0. The fourth-order valence-electron chi connectivity index (χ4n) is 2.69. The van der Waals surface area contributed by atoms with Crippen LogP contribution in [0.3, 0.4) is 0 Å². The van der Waals surface area contributed by atoms with Crippen molar-refractivity contribution in [2.24, 2.45) is 0 Å². The molecule has 0 aromatic heterocycles. The van der Waals surface area contributed by atoms with E-state index in [2.05, 4.69) is 0 Å². The minimum Gasteiger partial charge on any atom is -0.450 e. The lowest BCUT2D eigenvalue weighted by atomic mass is 10.0. The second kappa shape index (κ2) is 7.64. The molecule has 0 atom stereocenters. The molecule has 1 heterocycles. The topological polar surface area (TPSA) is 49.9 Å². The molecule has 7 heteroatoms. The van der Waals surface area contributed by atoms with Crippen LogP contribution in [0, 0.1) is 5.82 Å². The van der Waals surface area contributed by atoms with Crippen LogP contribution in [-0.4, -0.2) is 54.6 Å². The first-order chi connectivity index (χ1) is 11.0. The van der Waals surface area contributed by atoms with Gasteiger partial charge in [-0.2, -0.15) is 0 Å². The molecule has 0 saturated carbocycles. The summed E-state index contributed by atoms with van der Waals surface area (Å²) in [5.74, 6) is -1.07. The maximum absolute atomic E-state index is 13.9. The molecule has 1 aliphatic rings. The Hall–Kier alpha value is -1.82. The summed E-state index contributed by atoms with van der Waals surface area (Å²) in [6, 6.07) is 4.11. The van der Waals surface area contributed by atoms with Crippen LogP contribution >= 0.6 is 11.6 Å². The van der Waals surface area contributed by atoms with Crippen molar-refractivity contribution in [2.45, 2.75) is 25.8 Å². The number of carbonyl (C=O) groups is 2. The molecule has 1 aliphatic heterocycles. The van der Waals surface area contributed by atoms with Crippen LogP contribution in [0.25, 0.3) is 0 Å². The predicted molar refractivity (Wildman–Crippen MR) is 85.1 cm³/mol. The van der Waals surface area contributed by atoms with E-state index in [-0.39, 0.29) is 22.7 Å². The monoisotopic (exact) mass is 342 g/mol. The Labute approximate surface area is 140 Å². The van der Waals surface area contributed by atoms with Crippen molar-refractivity contribution < 1.29 is 18.7 Å². The second-order valence-corrected chi connectivity index (χ2v) is 5.84. The lowest BCUT2D eigenvalue weighted by Crippen LogP contribution is -2.47. The molecular weight excluding hydrogens is 323 g/mol. The third kappa shape index (κ3) is 3.93. The lowest BCUT2D eigenvalue weighted by Gasteiger charge is -2.36. The Morgan fingerprint density at radius 1 is 1.39 bits per heavy atom. The number of rotatable bonds is 3. The van der Waals surface area contributed by atoms with Crippen molar-refractivity contribution in [1.82, 2.24) is 9.80 Å². The number of piperidine rings is 1. The minimum absolute atomic E-state index is 0.0659. The Balaban J connectivity index is 2.01. The number of ether oxygens (including phenoxy) is 1. The average molecular weight is 343 g/mol. The van der Waals surface area contributed by atoms with E-state index in [0.29, 0.717) is 32.5 Å². The quantitative estimate of drug-likeness (QED) is 0.847. The van der Waals surface area contributed by atoms with Crippen LogP contribution in [0.2, 0.25) is 5.02 Å². The van der Waals surface area contributed by atoms with Crippen molar-refractivity contribution in [2.75, 3.05) is 26.7 Å². The number of nitrogens with zero attached hydrogens (tertiary/aromatic N) is 2. The maximum Gasteiger partial charge on any atom is 0.409 e. The van der Waals surface area contributed by atoms with Crippen molar-refractivity contribution in [3.63, 3.8) is 0 Å². The molecular formula is C16H20ClFN2O3. The number of hydrogen-bond donors (Lipinski definition) is 0. The van der Waals surface area contributed by atoms with E-state index < -0.39 is 11.7 Å². The minimum atomic E-state index is -0.627. The van der Waals surface area contributed by atoms with E-state index in [1.165, 1.54) is 23.1 Å². The van der Waals surface area contributed by atoms with Gasteiger partial charge < -0.3 is 14.5 Å². The zero-order valence-electron chi connectivity index (χ0n) is 13.2. The van der Waals surface area contributed by atoms with E-state index in [4.69, 9.17) is 16.3 Å². The molecule has 126 valence electrons. The summed E-state index contributed by atoms with van der Waals surface area (Å²) >= 11 is 5.95. The fourth-order valence-corrected chi connectivity index (χ4v) is 2.94. The van der Waals surface area contributed by atoms with Gasteiger partial charge in [-0.3, -0.25) is 4.79 Å². The molecule has 0 spiro atoms. The van der Waals surface area contributed by atoms with Crippen molar-refractivity contribution in [1.29, 1.82) is 0 Å². The summed E-state index contributed by atoms with van der Waals surface area (Å²) in [4.78, 5) is 27.3. The van der Waals surface area contributed by atoms with Gasteiger partial charge in [0, 0.05) is 26.2 Å². The third-order valence-corrected chi connectivity index (χ3v) is 4.35. The number of amides is 2. The van der Waals surface area contributed by atoms with Crippen LogP contribution in [0.15, 0.2) is 18.2 Å².